The number of esters is 2. The van der Waals surface area contributed by atoms with Gasteiger partial charge in [-0.05, 0) is 44.4 Å². The van der Waals surface area contributed by atoms with Crippen molar-refractivity contribution in [3.63, 3.8) is 0 Å². The summed E-state index contributed by atoms with van der Waals surface area (Å²) in [6.07, 6.45) is 0.458. The summed E-state index contributed by atoms with van der Waals surface area (Å²) in [7, 11) is 0. The summed E-state index contributed by atoms with van der Waals surface area (Å²) in [5.74, 6) is -1.98. The van der Waals surface area contributed by atoms with Crippen LogP contribution < -0.4 is 10.6 Å². The van der Waals surface area contributed by atoms with Crippen molar-refractivity contribution in [2.24, 2.45) is 5.41 Å². The van der Waals surface area contributed by atoms with Crippen LogP contribution in [0.3, 0.4) is 0 Å². The Morgan fingerprint density at radius 1 is 1.03 bits per heavy atom. The fraction of sp³-hybridized carbons (Fsp3) is 0.545. The molecular weight excluding hydrogens is 424 g/mol. The quantitative estimate of drug-likeness (QED) is 0.469. The van der Waals surface area contributed by atoms with Gasteiger partial charge in [0.05, 0.1) is 19.8 Å². The summed E-state index contributed by atoms with van der Waals surface area (Å²) >= 11 is 5.89. The van der Waals surface area contributed by atoms with Gasteiger partial charge in [-0.2, -0.15) is 0 Å². The van der Waals surface area contributed by atoms with Crippen molar-refractivity contribution < 1.29 is 28.7 Å². The highest BCUT2D eigenvalue weighted by Gasteiger charge is 2.29. The first-order valence-electron chi connectivity index (χ1n) is 10.2. The molecule has 0 aliphatic carbocycles. The lowest BCUT2D eigenvalue weighted by Crippen LogP contribution is -2.48. The Balaban J connectivity index is 2.61. The topological polar surface area (TPSA) is 111 Å². The van der Waals surface area contributed by atoms with Crippen LogP contribution in [0.15, 0.2) is 24.3 Å². The summed E-state index contributed by atoms with van der Waals surface area (Å²) in [5, 5.41) is 5.72. The van der Waals surface area contributed by atoms with Gasteiger partial charge in [-0.15, -0.1) is 0 Å². The maximum atomic E-state index is 12.6. The molecule has 1 aromatic carbocycles. The molecule has 0 saturated carbocycles. The van der Waals surface area contributed by atoms with E-state index in [1.165, 1.54) is 0 Å². The first-order valence-corrected chi connectivity index (χ1v) is 10.6. The second-order valence-electron chi connectivity index (χ2n) is 7.59. The molecule has 0 heterocycles. The maximum absolute atomic E-state index is 12.6. The number of amides is 2. The van der Waals surface area contributed by atoms with Crippen LogP contribution in [0.5, 0.6) is 0 Å². The number of hydrogen-bond acceptors (Lipinski definition) is 6. The molecule has 0 saturated heterocycles. The van der Waals surface area contributed by atoms with Gasteiger partial charge < -0.3 is 20.1 Å². The van der Waals surface area contributed by atoms with E-state index in [0.717, 1.165) is 5.56 Å². The van der Waals surface area contributed by atoms with Gasteiger partial charge in [0.1, 0.15) is 6.04 Å². The van der Waals surface area contributed by atoms with Crippen molar-refractivity contribution in [1.82, 2.24) is 10.6 Å². The third kappa shape index (κ3) is 9.83. The fourth-order valence-corrected chi connectivity index (χ4v) is 2.95. The van der Waals surface area contributed by atoms with Crippen LogP contribution in [-0.2, 0) is 35.1 Å². The molecule has 0 bridgehead atoms. The molecule has 1 rings (SSSR count). The number of carbonyl (C=O) groups is 4. The Morgan fingerprint density at radius 2 is 1.65 bits per heavy atom. The van der Waals surface area contributed by atoms with Crippen LogP contribution in [0.2, 0.25) is 5.02 Å². The average molecular weight is 455 g/mol. The number of ether oxygens (including phenoxy) is 2. The van der Waals surface area contributed by atoms with Crippen molar-refractivity contribution >= 4 is 35.4 Å². The van der Waals surface area contributed by atoms with E-state index >= 15 is 0 Å². The fourth-order valence-electron chi connectivity index (χ4n) is 2.83. The number of carbonyl (C=O) groups excluding carboxylic acids is 4. The monoisotopic (exact) mass is 454 g/mol. The molecule has 1 aromatic rings. The molecule has 9 heteroatoms. The number of hydrogen-bond donors (Lipinski definition) is 2. The predicted molar refractivity (Wildman–Crippen MR) is 116 cm³/mol. The predicted octanol–water partition coefficient (Wildman–Crippen LogP) is 2.42. The average Bonchev–Trinajstić information content (AvgIpc) is 2.71. The number of halogens is 1. The second kappa shape index (κ2) is 12.9. The molecule has 0 radical (unpaired) electrons. The minimum Gasteiger partial charge on any atom is -0.466 e. The van der Waals surface area contributed by atoms with Gasteiger partial charge in [0.25, 0.3) is 0 Å². The molecular formula is C22H31ClN2O6. The van der Waals surface area contributed by atoms with Crippen LogP contribution in [0.4, 0.5) is 0 Å². The van der Waals surface area contributed by atoms with Gasteiger partial charge in [-0.25, -0.2) is 4.79 Å². The molecule has 2 N–H and O–H groups in total. The normalized spacial score (nSPS) is 11.9. The highest BCUT2D eigenvalue weighted by Crippen LogP contribution is 2.23. The Kier molecular flexibility index (Phi) is 11.0. The lowest BCUT2D eigenvalue weighted by atomic mass is 9.85. The van der Waals surface area contributed by atoms with E-state index in [1.807, 2.05) is 12.1 Å². The Morgan fingerprint density at radius 3 is 2.23 bits per heavy atom. The van der Waals surface area contributed by atoms with Gasteiger partial charge in [-0.3, -0.25) is 14.4 Å². The Bertz CT molecular complexity index is 764. The third-order valence-electron chi connectivity index (χ3n) is 4.43. The summed E-state index contributed by atoms with van der Waals surface area (Å²) in [5.41, 5.74) is 0.175. The molecule has 0 aliphatic heterocycles. The van der Waals surface area contributed by atoms with Gasteiger partial charge in [0.2, 0.25) is 11.8 Å². The van der Waals surface area contributed by atoms with E-state index in [2.05, 4.69) is 10.6 Å². The number of rotatable bonds is 12. The van der Waals surface area contributed by atoms with Crippen molar-refractivity contribution in [3.05, 3.63) is 34.9 Å². The molecule has 0 aromatic heterocycles. The number of benzene rings is 1. The highest BCUT2D eigenvalue weighted by molar-refractivity contribution is 6.30. The third-order valence-corrected chi connectivity index (χ3v) is 4.68. The minimum absolute atomic E-state index is 0.0411. The van der Waals surface area contributed by atoms with Gasteiger partial charge in [0, 0.05) is 16.9 Å². The number of nitrogens with one attached hydrogen (secondary N) is 2. The summed E-state index contributed by atoms with van der Waals surface area (Å²) in [6, 6.07) is 6.19. The zero-order valence-corrected chi connectivity index (χ0v) is 19.2. The van der Waals surface area contributed by atoms with Gasteiger partial charge in [-0.1, -0.05) is 37.6 Å². The minimum atomic E-state index is -1.00. The lowest BCUT2D eigenvalue weighted by Gasteiger charge is -2.24. The molecule has 0 aliphatic rings. The lowest BCUT2D eigenvalue weighted by molar-refractivity contribution is -0.148. The van der Waals surface area contributed by atoms with Crippen molar-refractivity contribution in [1.29, 1.82) is 0 Å². The van der Waals surface area contributed by atoms with E-state index in [9.17, 15) is 19.2 Å². The van der Waals surface area contributed by atoms with Crippen molar-refractivity contribution in [2.45, 2.75) is 53.0 Å². The summed E-state index contributed by atoms with van der Waals surface area (Å²) in [4.78, 5) is 48.5. The molecule has 2 amide bonds. The molecule has 172 valence electrons. The van der Waals surface area contributed by atoms with Crippen LogP contribution in [0.1, 0.15) is 46.1 Å². The van der Waals surface area contributed by atoms with Crippen molar-refractivity contribution in [2.75, 3.05) is 19.8 Å². The summed E-state index contributed by atoms with van der Waals surface area (Å²) < 4.78 is 9.79. The van der Waals surface area contributed by atoms with E-state index < -0.39 is 29.3 Å². The van der Waals surface area contributed by atoms with Gasteiger partial charge in [0.15, 0.2) is 0 Å². The van der Waals surface area contributed by atoms with E-state index in [1.54, 1.807) is 39.8 Å². The van der Waals surface area contributed by atoms with E-state index in [4.69, 9.17) is 21.1 Å². The molecule has 0 spiro atoms. The summed E-state index contributed by atoms with van der Waals surface area (Å²) in [6.45, 7) is 6.93. The molecule has 0 fully saturated rings. The molecule has 0 unspecified atom stereocenters. The maximum Gasteiger partial charge on any atom is 0.328 e. The first-order chi connectivity index (χ1) is 14.6. The zero-order chi connectivity index (χ0) is 23.4. The van der Waals surface area contributed by atoms with Gasteiger partial charge >= 0.3 is 11.9 Å². The second-order valence-corrected chi connectivity index (χ2v) is 8.02. The molecule has 31 heavy (non-hydrogen) atoms. The smallest absolute Gasteiger partial charge is 0.328 e. The van der Waals surface area contributed by atoms with E-state index in [-0.39, 0.29) is 38.5 Å². The molecule has 8 nitrogen and oxygen atoms in total. The molecule has 1 atom stereocenters. The first kappa shape index (κ1) is 26.4. The van der Waals surface area contributed by atoms with Crippen LogP contribution in [-0.4, -0.2) is 49.6 Å². The Labute approximate surface area is 188 Å². The van der Waals surface area contributed by atoms with Crippen LogP contribution >= 0.6 is 11.6 Å². The van der Waals surface area contributed by atoms with Crippen LogP contribution in [0.25, 0.3) is 0 Å². The zero-order valence-electron chi connectivity index (χ0n) is 18.5. The van der Waals surface area contributed by atoms with Crippen molar-refractivity contribution in [3.8, 4) is 0 Å². The van der Waals surface area contributed by atoms with E-state index in [0.29, 0.717) is 11.4 Å². The standard InChI is InChI=1S/C22H31ClN2O6/c1-5-30-19(27)12-11-17(20(28)31-6-2)25-18(26)14-24-21(29)22(3,4)13-15-7-9-16(23)10-8-15/h7-10,17H,5-6,11-14H2,1-4H3,(H,24,29)(H,25,26)/t17-/m1/s1. The largest absolute Gasteiger partial charge is 0.466 e. The van der Waals surface area contributed by atoms with Crippen LogP contribution in [0, 0.1) is 5.41 Å². The Hall–Kier alpha value is -2.61. The SMILES string of the molecule is CCOC(=O)CC[C@@H](NC(=O)CNC(=O)C(C)(C)Cc1ccc(Cl)cc1)C(=O)OCC. The highest BCUT2D eigenvalue weighted by atomic mass is 35.5.